The Kier molecular flexibility index (Phi) is 3.17. The van der Waals surface area contributed by atoms with Crippen LogP contribution in [0.25, 0.3) is 0 Å². The minimum absolute atomic E-state index is 0.277. The van der Waals surface area contributed by atoms with Crippen molar-refractivity contribution in [1.82, 2.24) is 9.84 Å². The first-order valence-electron chi connectivity index (χ1n) is 5.64. The Balaban J connectivity index is 2.39. The van der Waals surface area contributed by atoms with Gasteiger partial charge in [0.15, 0.2) is 0 Å². The van der Waals surface area contributed by atoms with Crippen molar-refractivity contribution in [2.75, 3.05) is 0 Å². The van der Waals surface area contributed by atoms with E-state index >= 15 is 0 Å². The number of sulfonamides is 1. The molecule has 0 atom stereocenters. The fraction of sp³-hybridized carbons (Fsp3) is 0.231. The first-order chi connectivity index (χ1) is 8.39. The predicted octanol–water partition coefficient (Wildman–Crippen LogP) is 2.31. The number of hydrogen-bond acceptors (Lipinski definition) is 3. The molecule has 5 heteroatoms. The fourth-order valence-electron chi connectivity index (χ4n) is 1.76. The maximum atomic E-state index is 12.4. The Morgan fingerprint density at radius 2 is 1.67 bits per heavy atom. The highest BCUT2D eigenvalue weighted by Crippen LogP contribution is 2.19. The van der Waals surface area contributed by atoms with E-state index in [4.69, 9.17) is 0 Å². The second kappa shape index (κ2) is 4.49. The second-order valence-corrected chi connectivity index (χ2v) is 6.24. The van der Waals surface area contributed by atoms with Crippen LogP contribution in [0, 0.1) is 6.92 Å². The van der Waals surface area contributed by atoms with Crippen molar-refractivity contribution in [3.63, 3.8) is 0 Å². The van der Waals surface area contributed by atoms with Crippen LogP contribution in [-0.2, 0) is 10.0 Å². The summed E-state index contributed by atoms with van der Waals surface area (Å²) in [6, 6.07) is 6.80. The molecule has 0 aromatic heterocycles. The van der Waals surface area contributed by atoms with Crippen LogP contribution in [0.15, 0.2) is 52.7 Å². The van der Waals surface area contributed by atoms with Gasteiger partial charge in [0, 0.05) is 11.9 Å². The van der Waals surface area contributed by atoms with E-state index < -0.39 is 10.0 Å². The zero-order chi connectivity index (χ0) is 13.3. The number of rotatable bonds is 2. The maximum absolute atomic E-state index is 12.4. The van der Waals surface area contributed by atoms with Gasteiger partial charge in [0.2, 0.25) is 0 Å². The lowest BCUT2D eigenvalue weighted by molar-refractivity contribution is 0.433. The molecule has 0 spiro atoms. The number of allylic oxidation sites excluding steroid dienone is 3. The van der Waals surface area contributed by atoms with E-state index in [2.05, 4.69) is 5.43 Å². The lowest BCUT2D eigenvalue weighted by Crippen LogP contribution is -2.39. The quantitative estimate of drug-likeness (QED) is 0.891. The monoisotopic (exact) mass is 264 g/mol. The van der Waals surface area contributed by atoms with Crippen molar-refractivity contribution in [2.45, 2.75) is 25.7 Å². The van der Waals surface area contributed by atoms with Crippen molar-refractivity contribution in [3.05, 3.63) is 53.4 Å². The lowest BCUT2D eigenvalue weighted by atomic mass is 10.2. The summed E-state index contributed by atoms with van der Waals surface area (Å²) in [6.07, 6.45) is 3.46. The predicted molar refractivity (Wildman–Crippen MR) is 70.9 cm³/mol. The zero-order valence-electron chi connectivity index (χ0n) is 10.6. The van der Waals surface area contributed by atoms with Crippen LogP contribution in [0.4, 0.5) is 0 Å². The average molecular weight is 264 g/mol. The van der Waals surface area contributed by atoms with Crippen molar-refractivity contribution < 1.29 is 8.42 Å². The molecule has 1 heterocycles. The highest BCUT2D eigenvalue weighted by molar-refractivity contribution is 7.89. The normalized spacial score (nSPS) is 15.8. The van der Waals surface area contributed by atoms with Crippen LogP contribution in [0.2, 0.25) is 0 Å². The van der Waals surface area contributed by atoms with E-state index in [0.29, 0.717) is 0 Å². The van der Waals surface area contributed by atoms with Gasteiger partial charge in [0.25, 0.3) is 10.0 Å². The van der Waals surface area contributed by atoms with Crippen LogP contribution >= 0.6 is 0 Å². The molecule has 1 aromatic carbocycles. The molecule has 18 heavy (non-hydrogen) atoms. The SMILES string of the molecule is CC1=CN(S(=O)(=O)c2ccc(C)cc2)NC(C)=C1. The van der Waals surface area contributed by atoms with Crippen molar-refractivity contribution >= 4 is 10.0 Å². The molecule has 0 radical (unpaired) electrons. The van der Waals surface area contributed by atoms with Crippen LogP contribution in [0.1, 0.15) is 19.4 Å². The summed E-state index contributed by atoms with van der Waals surface area (Å²) in [7, 11) is -3.54. The molecular formula is C13H16N2O2S. The standard InChI is InChI=1S/C13H16N2O2S/c1-10-4-6-13(7-5-10)18(16,17)15-9-11(2)8-12(3)14-15/h4-9,14H,1-3H3. The molecular weight excluding hydrogens is 248 g/mol. The molecule has 0 aliphatic carbocycles. The number of hydrazine groups is 1. The third-order valence-electron chi connectivity index (χ3n) is 2.63. The van der Waals surface area contributed by atoms with E-state index in [9.17, 15) is 8.42 Å². The fourth-order valence-corrected chi connectivity index (χ4v) is 3.03. The molecule has 96 valence electrons. The largest absolute Gasteiger partial charge is 0.289 e. The summed E-state index contributed by atoms with van der Waals surface area (Å²) in [4.78, 5) is 0.277. The number of nitrogens with zero attached hydrogens (tertiary/aromatic N) is 1. The average Bonchev–Trinajstić information content (AvgIpc) is 2.28. The van der Waals surface area contributed by atoms with Gasteiger partial charge >= 0.3 is 0 Å². The molecule has 0 unspecified atom stereocenters. The van der Waals surface area contributed by atoms with E-state index in [1.165, 1.54) is 0 Å². The number of hydrogen-bond donors (Lipinski definition) is 1. The van der Waals surface area contributed by atoms with Gasteiger partial charge in [0.1, 0.15) is 0 Å². The Morgan fingerprint density at radius 3 is 2.22 bits per heavy atom. The molecule has 1 N–H and O–H groups in total. The molecule has 1 aliphatic heterocycles. The van der Waals surface area contributed by atoms with E-state index in [-0.39, 0.29) is 4.90 Å². The molecule has 4 nitrogen and oxygen atoms in total. The van der Waals surface area contributed by atoms with Crippen LogP contribution < -0.4 is 5.43 Å². The van der Waals surface area contributed by atoms with Crippen LogP contribution in [0.3, 0.4) is 0 Å². The minimum Gasteiger partial charge on any atom is -0.289 e. The summed E-state index contributed by atoms with van der Waals surface area (Å²) in [5, 5.41) is 0. The molecule has 0 bridgehead atoms. The van der Waals surface area contributed by atoms with Crippen molar-refractivity contribution in [1.29, 1.82) is 0 Å². The third kappa shape index (κ3) is 2.41. The smallest absolute Gasteiger partial charge is 0.281 e. The third-order valence-corrected chi connectivity index (χ3v) is 4.21. The molecule has 1 aromatic rings. The maximum Gasteiger partial charge on any atom is 0.281 e. The Labute approximate surface area is 108 Å². The van der Waals surface area contributed by atoms with E-state index in [1.807, 2.05) is 26.8 Å². The van der Waals surface area contributed by atoms with Gasteiger partial charge in [-0.2, -0.15) is 12.8 Å². The van der Waals surface area contributed by atoms with Gasteiger partial charge in [-0.25, -0.2) is 0 Å². The molecule has 0 saturated heterocycles. The Bertz CT molecular complexity index is 613. The van der Waals surface area contributed by atoms with Crippen molar-refractivity contribution in [2.24, 2.45) is 0 Å². The first-order valence-corrected chi connectivity index (χ1v) is 7.08. The van der Waals surface area contributed by atoms with Gasteiger partial charge in [-0.15, -0.1) is 0 Å². The molecule has 1 aliphatic rings. The van der Waals surface area contributed by atoms with E-state index in [0.717, 1.165) is 21.2 Å². The van der Waals surface area contributed by atoms with Gasteiger partial charge in [-0.05, 0) is 44.6 Å². The Morgan fingerprint density at radius 1 is 1.06 bits per heavy atom. The molecule has 0 saturated carbocycles. The molecule has 0 fully saturated rings. The summed E-state index contributed by atoms with van der Waals surface area (Å²) in [6.45, 7) is 5.61. The number of benzene rings is 1. The lowest BCUT2D eigenvalue weighted by Gasteiger charge is -2.26. The first kappa shape index (κ1) is 12.7. The summed E-state index contributed by atoms with van der Waals surface area (Å²) >= 11 is 0. The van der Waals surface area contributed by atoms with Gasteiger partial charge in [-0.3, -0.25) is 5.43 Å². The Hall–Kier alpha value is -1.75. The molecule has 0 amide bonds. The van der Waals surface area contributed by atoms with Gasteiger partial charge in [0.05, 0.1) is 4.90 Å². The summed E-state index contributed by atoms with van der Waals surface area (Å²) in [5.74, 6) is 0. The van der Waals surface area contributed by atoms with Gasteiger partial charge in [-0.1, -0.05) is 17.7 Å². The number of nitrogens with one attached hydrogen (secondary N) is 1. The van der Waals surface area contributed by atoms with Crippen LogP contribution in [-0.4, -0.2) is 12.8 Å². The highest BCUT2D eigenvalue weighted by atomic mass is 32.2. The molecule has 2 rings (SSSR count). The van der Waals surface area contributed by atoms with Crippen molar-refractivity contribution in [3.8, 4) is 0 Å². The minimum atomic E-state index is -3.54. The van der Waals surface area contributed by atoms with Crippen LogP contribution in [0.5, 0.6) is 0 Å². The number of aryl methyl sites for hydroxylation is 1. The van der Waals surface area contributed by atoms with Gasteiger partial charge < -0.3 is 0 Å². The van der Waals surface area contributed by atoms with E-state index in [1.54, 1.807) is 30.5 Å². The second-order valence-electron chi connectivity index (χ2n) is 4.43. The summed E-state index contributed by atoms with van der Waals surface area (Å²) in [5.41, 5.74) is 5.55. The zero-order valence-corrected chi connectivity index (χ0v) is 11.5. The highest BCUT2D eigenvalue weighted by Gasteiger charge is 2.23. The summed E-state index contributed by atoms with van der Waals surface area (Å²) < 4.78 is 25.9. The topological polar surface area (TPSA) is 49.4 Å².